The molecule has 1 aliphatic heterocycles. The van der Waals surface area contributed by atoms with Gasteiger partial charge >= 0.3 is 0 Å². The topological polar surface area (TPSA) is 85.7 Å². The standard InChI is InChI=1S/C30H28N8O/c1-2-12-36(13-3-1)16-17-39-23-8-6-22(7-9-23)26-18-24(27-19-29-31-10-4-14-37(29)34-27)25(21-33-26)28-20-30-32-11-5-15-38(30)35-28/h4-11,14-15,18-21H,1-3,12-13,16-17H2. The molecule has 0 atom stereocenters. The molecule has 0 unspecified atom stereocenters. The molecule has 0 aliphatic carbocycles. The molecule has 0 saturated carbocycles. The predicted octanol–water partition coefficient (Wildman–Crippen LogP) is 5.03. The third-order valence-electron chi connectivity index (χ3n) is 7.20. The van der Waals surface area contributed by atoms with E-state index in [9.17, 15) is 0 Å². The molecule has 1 aliphatic rings. The van der Waals surface area contributed by atoms with Gasteiger partial charge in [-0.15, -0.1) is 0 Å². The van der Waals surface area contributed by atoms with Crippen molar-refractivity contribution in [1.82, 2.24) is 39.1 Å². The Hall–Kier alpha value is -4.63. The van der Waals surface area contributed by atoms with Crippen molar-refractivity contribution in [2.45, 2.75) is 19.3 Å². The fraction of sp³-hybridized carbons (Fsp3) is 0.233. The average Bonchev–Trinajstić information content (AvgIpc) is 3.62. The summed E-state index contributed by atoms with van der Waals surface area (Å²) in [5, 5.41) is 9.54. The van der Waals surface area contributed by atoms with Gasteiger partial charge in [0, 0.05) is 66.4 Å². The van der Waals surface area contributed by atoms with E-state index in [1.165, 1.54) is 32.4 Å². The minimum atomic E-state index is 0.701. The van der Waals surface area contributed by atoms with E-state index in [-0.39, 0.29) is 0 Å². The van der Waals surface area contributed by atoms with Crippen molar-refractivity contribution in [3.8, 4) is 39.5 Å². The van der Waals surface area contributed by atoms with Gasteiger partial charge in [0.15, 0.2) is 11.3 Å². The molecule has 0 spiro atoms. The van der Waals surface area contributed by atoms with Crippen LogP contribution in [-0.2, 0) is 0 Å². The van der Waals surface area contributed by atoms with Gasteiger partial charge in [0.2, 0.25) is 0 Å². The van der Waals surface area contributed by atoms with Crippen LogP contribution in [0.2, 0.25) is 0 Å². The molecule has 0 amide bonds. The Morgan fingerprint density at radius 2 is 1.36 bits per heavy atom. The van der Waals surface area contributed by atoms with Crippen molar-refractivity contribution in [3.63, 3.8) is 0 Å². The Morgan fingerprint density at radius 1 is 0.692 bits per heavy atom. The zero-order valence-corrected chi connectivity index (χ0v) is 21.5. The minimum absolute atomic E-state index is 0.701. The largest absolute Gasteiger partial charge is 0.492 e. The number of likely N-dealkylation sites (tertiary alicyclic amines) is 1. The summed E-state index contributed by atoms with van der Waals surface area (Å²) in [6, 6.07) is 17.9. The lowest BCUT2D eigenvalue weighted by atomic mass is 10.0. The van der Waals surface area contributed by atoms with Crippen molar-refractivity contribution >= 4 is 11.3 Å². The number of hydrogen-bond donors (Lipinski definition) is 0. The molecule has 0 N–H and O–H groups in total. The number of benzene rings is 1. The molecule has 0 radical (unpaired) electrons. The molecule has 9 heteroatoms. The number of ether oxygens (including phenoxy) is 1. The summed E-state index contributed by atoms with van der Waals surface area (Å²) >= 11 is 0. The maximum absolute atomic E-state index is 6.03. The van der Waals surface area contributed by atoms with E-state index in [2.05, 4.69) is 33.1 Å². The van der Waals surface area contributed by atoms with Crippen molar-refractivity contribution in [1.29, 1.82) is 0 Å². The van der Waals surface area contributed by atoms with Crippen LogP contribution in [0.15, 0.2) is 85.6 Å². The first-order valence-corrected chi connectivity index (χ1v) is 13.4. The van der Waals surface area contributed by atoms with Crippen LogP contribution in [-0.4, -0.2) is 65.3 Å². The second kappa shape index (κ2) is 10.3. The van der Waals surface area contributed by atoms with Crippen LogP contribution >= 0.6 is 0 Å². The Balaban J connectivity index is 1.20. The average molecular weight is 517 g/mol. The molecule has 194 valence electrons. The van der Waals surface area contributed by atoms with E-state index in [4.69, 9.17) is 19.9 Å². The van der Waals surface area contributed by atoms with Gasteiger partial charge in [-0.1, -0.05) is 6.42 Å². The van der Waals surface area contributed by atoms with E-state index in [0.717, 1.165) is 57.4 Å². The first-order chi connectivity index (χ1) is 19.3. The fourth-order valence-electron chi connectivity index (χ4n) is 5.15. The predicted molar refractivity (Wildman–Crippen MR) is 149 cm³/mol. The van der Waals surface area contributed by atoms with Crippen molar-refractivity contribution in [3.05, 3.63) is 85.6 Å². The van der Waals surface area contributed by atoms with Gasteiger partial charge in [-0.05, 0) is 68.4 Å². The lowest BCUT2D eigenvalue weighted by Gasteiger charge is -2.26. The van der Waals surface area contributed by atoms with E-state index >= 15 is 0 Å². The van der Waals surface area contributed by atoms with E-state index in [1.54, 1.807) is 21.4 Å². The van der Waals surface area contributed by atoms with Crippen molar-refractivity contribution in [2.75, 3.05) is 26.2 Å². The Bertz CT molecular complexity index is 1670. The maximum Gasteiger partial charge on any atom is 0.155 e. The quantitative estimate of drug-likeness (QED) is 0.294. The molecule has 5 aromatic heterocycles. The minimum Gasteiger partial charge on any atom is -0.492 e. The number of rotatable bonds is 7. The SMILES string of the molecule is c1cnc2cc(-c3cnc(-c4ccc(OCCN5CCCCC5)cc4)cc3-c3cc4ncccn4n3)nn2c1. The van der Waals surface area contributed by atoms with Gasteiger partial charge in [-0.2, -0.15) is 10.2 Å². The van der Waals surface area contributed by atoms with E-state index < -0.39 is 0 Å². The Morgan fingerprint density at radius 3 is 2.03 bits per heavy atom. The third kappa shape index (κ3) is 4.84. The lowest BCUT2D eigenvalue weighted by molar-refractivity contribution is 0.183. The van der Waals surface area contributed by atoms with Crippen LogP contribution in [0.4, 0.5) is 0 Å². The zero-order chi connectivity index (χ0) is 26.0. The van der Waals surface area contributed by atoms with Gasteiger partial charge in [0.25, 0.3) is 0 Å². The van der Waals surface area contributed by atoms with E-state index in [1.807, 2.05) is 55.0 Å². The smallest absolute Gasteiger partial charge is 0.155 e. The summed E-state index contributed by atoms with van der Waals surface area (Å²) in [6.07, 6.45) is 13.1. The van der Waals surface area contributed by atoms with Gasteiger partial charge in [-0.25, -0.2) is 19.0 Å². The number of pyridine rings is 1. The molecule has 6 heterocycles. The number of hydrogen-bond acceptors (Lipinski definition) is 7. The van der Waals surface area contributed by atoms with Crippen LogP contribution in [0.1, 0.15) is 19.3 Å². The highest BCUT2D eigenvalue weighted by atomic mass is 16.5. The van der Waals surface area contributed by atoms with Crippen LogP contribution in [0.5, 0.6) is 5.75 Å². The molecule has 0 bridgehead atoms. The van der Waals surface area contributed by atoms with E-state index in [0.29, 0.717) is 6.61 Å². The number of fused-ring (bicyclic) bond motifs is 2. The number of aromatic nitrogens is 7. The molecular formula is C30H28N8O. The molecule has 1 saturated heterocycles. The fourth-order valence-corrected chi connectivity index (χ4v) is 5.15. The second-order valence-electron chi connectivity index (χ2n) is 9.79. The highest BCUT2D eigenvalue weighted by molar-refractivity contribution is 5.84. The Labute approximate surface area is 225 Å². The van der Waals surface area contributed by atoms with Crippen molar-refractivity contribution < 1.29 is 4.74 Å². The normalized spacial score (nSPS) is 14.3. The summed E-state index contributed by atoms with van der Waals surface area (Å²) < 4.78 is 9.58. The molecule has 6 aromatic rings. The van der Waals surface area contributed by atoms with Crippen molar-refractivity contribution in [2.24, 2.45) is 0 Å². The molecule has 7 rings (SSSR count). The molecule has 9 nitrogen and oxygen atoms in total. The number of nitrogens with zero attached hydrogens (tertiary/aromatic N) is 8. The number of piperidine rings is 1. The summed E-state index contributed by atoms with van der Waals surface area (Å²) in [4.78, 5) is 16.2. The third-order valence-corrected chi connectivity index (χ3v) is 7.20. The monoisotopic (exact) mass is 516 g/mol. The first kappa shape index (κ1) is 23.5. The van der Waals surface area contributed by atoms with Crippen LogP contribution < -0.4 is 4.74 Å². The Kier molecular flexibility index (Phi) is 6.18. The van der Waals surface area contributed by atoms with Gasteiger partial charge in [-0.3, -0.25) is 9.88 Å². The highest BCUT2D eigenvalue weighted by Crippen LogP contribution is 2.34. The lowest BCUT2D eigenvalue weighted by Crippen LogP contribution is -2.33. The summed E-state index contributed by atoms with van der Waals surface area (Å²) in [7, 11) is 0. The second-order valence-corrected chi connectivity index (χ2v) is 9.79. The zero-order valence-electron chi connectivity index (χ0n) is 21.5. The van der Waals surface area contributed by atoms with Crippen LogP contribution in [0.25, 0.3) is 45.1 Å². The molecule has 1 fully saturated rings. The summed E-state index contributed by atoms with van der Waals surface area (Å²) in [5.74, 6) is 0.872. The van der Waals surface area contributed by atoms with Gasteiger partial charge in [0.05, 0.1) is 17.1 Å². The maximum atomic E-state index is 6.03. The summed E-state index contributed by atoms with van der Waals surface area (Å²) in [5.41, 5.74) is 6.79. The molecular weight excluding hydrogens is 488 g/mol. The van der Waals surface area contributed by atoms with Gasteiger partial charge in [0.1, 0.15) is 12.4 Å². The molecule has 1 aromatic carbocycles. The van der Waals surface area contributed by atoms with Crippen LogP contribution in [0.3, 0.4) is 0 Å². The summed E-state index contributed by atoms with van der Waals surface area (Å²) in [6.45, 7) is 4.03. The van der Waals surface area contributed by atoms with Gasteiger partial charge < -0.3 is 4.74 Å². The van der Waals surface area contributed by atoms with Crippen LogP contribution in [0, 0.1) is 0 Å². The first-order valence-electron chi connectivity index (χ1n) is 13.4. The highest BCUT2D eigenvalue weighted by Gasteiger charge is 2.17. The molecule has 39 heavy (non-hydrogen) atoms.